The van der Waals surface area contributed by atoms with Crippen LogP contribution in [-0.4, -0.2) is 23.3 Å². The molecule has 5 nitrogen and oxygen atoms in total. The molecule has 1 aliphatic carbocycles. The number of anilines is 1. The predicted octanol–water partition coefficient (Wildman–Crippen LogP) is 4.23. The van der Waals surface area contributed by atoms with Gasteiger partial charge in [0.25, 0.3) is 11.8 Å². The van der Waals surface area contributed by atoms with E-state index in [1.54, 1.807) is 0 Å². The molecule has 146 valence electrons. The zero-order chi connectivity index (χ0) is 19.9. The largest absolute Gasteiger partial charge is 0.352 e. The van der Waals surface area contributed by atoms with E-state index in [2.05, 4.69) is 21.7 Å². The van der Waals surface area contributed by atoms with Crippen molar-refractivity contribution in [2.24, 2.45) is 0 Å². The van der Waals surface area contributed by atoms with Crippen LogP contribution in [0.4, 0.5) is 14.5 Å². The van der Waals surface area contributed by atoms with Crippen LogP contribution in [0.2, 0.25) is 0 Å². The molecule has 0 saturated carbocycles. The second-order valence-electron chi connectivity index (χ2n) is 6.63. The molecule has 1 heterocycles. The summed E-state index contributed by atoms with van der Waals surface area (Å²) in [4.78, 5) is 28.5. The van der Waals surface area contributed by atoms with Gasteiger partial charge in [0, 0.05) is 18.9 Å². The highest BCUT2D eigenvalue weighted by Gasteiger charge is 2.15. The normalized spacial score (nSPS) is 13.6. The van der Waals surface area contributed by atoms with Gasteiger partial charge in [0.2, 0.25) is 0 Å². The van der Waals surface area contributed by atoms with E-state index in [1.165, 1.54) is 42.9 Å². The number of amides is 2. The molecule has 0 radical (unpaired) electrons. The van der Waals surface area contributed by atoms with Crippen molar-refractivity contribution in [2.75, 3.05) is 11.9 Å². The second-order valence-corrected chi connectivity index (χ2v) is 6.63. The van der Waals surface area contributed by atoms with Crippen molar-refractivity contribution in [3.05, 3.63) is 71.1 Å². The molecule has 0 aliphatic heterocycles. The summed E-state index contributed by atoms with van der Waals surface area (Å²) < 4.78 is 27.4. The number of allylic oxidation sites excluding steroid dienone is 1. The zero-order valence-electron chi connectivity index (χ0n) is 15.3. The van der Waals surface area contributed by atoms with Crippen LogP contribution in [0, 0.1) is 11.6 Å². The van der Waals surface area contributed by atoms with E-state index in [9.17, 15) is 18.4 Å². The Morgan fingerprint density at radius 3 is 2.43 bits per heavy atom. The maximum Gasteiger partial charge on any atom is 0.257 e. The average Bonchev–Trinajstić information content (AvgIpc) is 2.71. The molecule has 0 spiro atoms. The number of carbonyl (C=O) groups is 2. The summed E-state index contributed by atoms with van der Waals surface area (Å²) >= 11 is 0. The Morgan fingerprint density at radius 2 is 1.75 bits per heavy atom. The van der Waals surface area contributed by atoms with Crippen molar-refractivity contribution < 1.29 is 18.4 Å². The molecule has 0 unspecified atom stereocenters. The fourth-order valence-electron chi connectivity index (χ4n) is 3.06. The Hall–Kier alpha value is -3.09. The first-order valence-electron chi connectivity index (χ1n) is 9.21. The van der Waals surface area contributed by atoms with Crippen LogP contribution >= 0.6 is 0 Å². The molecule has 1 aromatic heterocycles. The number of hydrogen-bond donors (Lipinski definition) is 2. The molecule has 7 heteroatoms. The minimum atomic E-state index is -0.882. The van der Waals surface area contributed by atoms with Gasteiger partial charge in [-0.2, -0.15) is 0 Å². The minimum absolute atomic E-state index is 0.0327. The first-order chi connectivity index (χ1) is 13.5. The number of nitrogens with zero attached hydrogens (tertiary/aromatic N) is 1. The highest BCUT2D eigenvalue weighted by molar-refractivity contribution is 6.05. The fraction of sp³-hybridized carbons (Fsp3) is 0.286. The summed E-state index contributed by atoms with van der Waals surface area (Å²) in [5.74, 6) is -2.87. The van der Waals surface area contributed by atoms with E-state index in [1.807, 2.05) is 0 Å². The van der Waals surface area contributed by atoms with Crippen molar-refractivity contribution in [1.29, 1.82) is 0 Å². The SMILES string of the molecule is O=C(NCCC1=CCCCC1)c1cncc(C(=O)Nc2c(F)cccc2F)c1. The molecule has 1 aromatic carbocycles. The molecule has 1 aliphatic rings. The van der Waals surface area contributed by atoms with E-state index in [-0.39, 0.29) is 17.0 Å². The maximum absolute atomic E-state index is 13.7. The molecule has 2 N–H and O–H groups in total. The van der Waals surface area contributed by atoms with Gasteiger partial charge in [-0.1, -0.05) is 17.7 Å². The van der Waals surface area contributed by atoms with Crippen molar-refractivity contribution in [1.82, 2.24) is 10.3 Å². The Bertz CT molecular complexity index is 892. The van der Waals surface area contributed by atoms with Gasteiger partial charge in [-0.15, -0.1) is 0 Å². The van der Waals surface area contributed by atoms with E-state index in [0.717, 1.165) is 31.4 Å². The Kier molecular flexibility index (Phi) is 6.47. The molecular formula is C21H21F2N3O2. The van der Waals surface area contributed by atoms with Crippen LogP contribution in [0.3, 0.4) is 0 Å². The number of pyridine rings is 1. The highest BCUT2D eigenvalue weighted by Crippen LogP contribution is 2.20. The third-order valence-electron chi connectivity index (χ3n) is 4.58. The molecule has 28 heavy (non-hydrogen) atoms. The lowest BCUT2D eigenvalue weighted by Crippen LogP contribution is -2.25. The van der Waals surface area contributed by atoms with Gasteiger partial charge in [0.05, 0.1) is 11.1 Å². The Balaban J connectivity index is 1.61. The summed E-state index contributed by atoms with van der Waals surface area (Å²) in [5, 5.41) is 4.99. The van der Waals surface area contributed by atoms with Crippen molar-refractivity contribution in [3.63, 3.8) is 0 Å². The Morgan fingerprint density at radius 1 is 1.04 bits per heavy atom. The average molecular weight is 385 g/mol. The number of benzene rings is 1. The number of rotatable bonds is 6. The Labute approximate surface area is 161 Å². The van der Waals surface area contributed by atoms with Crippen LogP contribution in [0.1, 0.15) is 52.8 Å². The summed E-state index contributed by atoms with van der Waals surface area (Å²) in [7, 11) is 0. The number of aromatic nitrogens is 1. The van der Waals surface area contributed by atoms with E-state index >= 15 is 0 Å². The summed E-state index contributed by atoms with van der Waals surface area (Å²) in [6, 6.07) is 4.64. The van der Waals surface area contributed by atoms with Crippen molar-refractivity contribution >= 4 is 17.5 Å². The topological polar surface area (TPSA) is 71.1 Å². The molecule has 3 rings (SSSR count). The summed E-state index contributed by atoms with van der Waals surface area (Å²) in [6.07, 6.45) is 10.2. The second kappa shape index (κ2) is 9.21. The fourth-order valence-corrected chi connectivity index (χ4v) is 3.06. The molecule has 0 saturated heterocycles. The number of halogens is 2. The van der Waals surface area contributed by atoms with E-state index in [4.69, 9.17) is 0 Å². The lowest BCUT2D eigenvalue weighted by atomic mass is 9.97. The number of para-hydroxylation sites is 1. The molecule has 2 amide bonds. The highest BCUT2D eigenvalue weighted by atomic mass is 19.1. The van der Waals surface area contributed by atoms with Crippen molar-refractivity contribution in [3.8, 4) is 0 Å². The van der Waals surface area contributed by atoms with Crippen LogP contribution in [0.5, 0.6) is 0 Å². The summed E-state index contributed by atoms with van der Waals surface area (Å²) in [6.45, 7) is 0.502. The van der Waals surface area contributed by atoms with Gasteiger partial charge in [-0.3, -0.25) is 14.6 Å². The summed E-state index contributed by atoms with van der Waals surface area (Å²) in [5.41, 5.74) is 1.05. The van der Waals surface area contributed by atoms with Gasteiger partial charge in [-0.05, 0) is 50.3 Å². The van der Waals surface area contributed by atoms with E-state index < -0.39 is 23.2 Å². The van der Waals surface area contributed by atoms with Crippen LogP contribution in [-0.2, 0) is 0 Å². The molecule has 0 atom stereocenters. The number of carbonyl (C=O) groups excluding carboxylic acids is 2. The standard InChI is InChI=1S/C21H21F2N3O2/c22-17-7-4-8-18(23)19(17)26-21(28)16-11-15(12-24-13-16)20(27)25-10-9-14-5-2-1-3-6-14/h4-5,7-8,11-13H,1-3,6,9-10H2,(H,25,27)(H,26,28). The first kappa shape index (κ1) is 19.7. The molecule has 0 fully saturated rings. The lowest BCUT2D eigenvalue weighted by Gasteiger charge is -2.13. The first-order valence-corrected chi connectivity index (χ1v) is 9.21. The van der Waals surface area contributed by atoms with Gasteiger partial charge in [0.15, 0.2) is 0 Å². The quantitative estimate of drug-likeness (QED) is 0.731. The lowest BCUT2D eigenvalue weighted by molar-refractivity contribution is 0.0953. The van der Waals surface area contributed by atoms with Crippen LogP contribution in [0.25, 0.3) is 0 Å². The van der Waals surface area contributed by atoms with Gasteiger partial charge in [0.1, 0.15) is 17.3 Å². The molecular weight excluding hydrogens is 364 g/mol. The number of hydrogen-bond acceptors (Lipinski definition) is 3. The molecule has 2 aromatic rings. The monoisotopic (exact) mass is 385 g/mol. The maximum atomic E-state index is 13.7. The van der Waals surface area contributed by atoms with Crippen LogP contribution < -0.4 is 10.6 Å². The van der Waals surface area contributed by atoms with Gasteiger partial charge >= 0.3 is 0 Å². The number of nitrogens with one attached hydrogen (secondary N) is 2. The van der Waals surface area contributed by atoms with Gasteiger partial charge < -0.3 is 10.6 Å². The minimum Gasteiger partial charge on any atom is -0.352 e. The van der Waals surface area contributed by atoms with Gasteiger partial charge in [-0.25, -0.2) is 8.78 Å². The smallest absolute Gasteiger partial charge is 0.257 e. The van der Waals surface area contributed by atoms with Crippen LogP contribution in [0.15, 0.2) is 48.3 Å². The van der Waals surface area contributed by atoms with Crippen molar-refractivity contribution in [2.45, 2.75) is 32.1 Å². The third kappa shape index (κ3) is 5.00. The zero-order valence-corrected chi connectivity index (χ0v) is 15.3. The van der Waals surface area contributed by atoms with E-state index in [0.29, 0.717) is 6.54 Å². The predicted molar refractivity (Wildman–Crippen MR) is 102 cm³/mol. The third-order valence-corrected chi connectivity index (χ3v) is 4.58. The molecule has 0 bridgehead atoms.